The van der Waals surface area contributed by atoms with Crippen molar-refractivity contribution in [2.45, 2.75) is 19.5 Å². The fourth-order valence-electron chi connectivity index (χ4n) is 2.52. The molecule has 2 aromatic rings. The summed E-state index contributed by atoms with van der Waals surface area (Å²) in [6, 6.07) is 15.3. The fourth-order valence-corrected chi connectivity index (χ4v) is 2.52. The third-order valence-corrected chi connectivity index (χ3v) is 3.91. The van der Waals surface area contributed by atoms with Gasteiger partial charge in [-0.2, -0.15) is 0 Å². The number of amides is 3. The number of anilines is 1. The van der Waals surface area contributed by atoms with Crippen molar-refractivity contribution in [1.82, 2.24) is 15.5 Å². The molecule has 0 aromatic heterocycles. The van der Waals surface area contributed by atoms with E-state index in [4.69, 9.17) is 0 Å². The predicted octanol–water partition coefficient (Wildman–Crippen LogP) is 1.62. The average molecular weight is 382 g/mol. The van der Waals surface area contributed by atoms with Gasteiger partial charge >= 0.3 is 0 Å². The molecule has 0 radical (unpaired) electrons. The number of hydrogen-bond acceptors (Lipinski definition) is 4. The molecule has 1 unspecified atom stereocenters. The van der Waals surface area contributed by atoms with E-state index in [1.54, 1.807) is 48.2 Å². The molecule has 2 aromatic carbocycles. The summed E-state index contributed by atoms with van der Waals surface area (Å²) in [6.07, 6.45) is 0. The first-order valence-electron chi connectivity index (χ1n) is 9.02. The minimum atomic E-state index is -0.671. The second-order valence-corrected chi connectivity index (χ2v) is 6.77. The Morgan fingerprint density at radius 3 is 2.39 bits per heavy atom. The van der Waals surface area contributed by atoms with Crippen molar-refractivity contribution in [1.29, 1.82) is 0 Å². The molecule has 148 valence electrons. The molecule has 0 saturated heterocycles. The molecule has 3 amide bonds. The van der Waals surface area contributed by atoms with E-state index in [2.05, 4.69) is 16.0 Å². The van der Waals surface area contributed by atoms with E-state index in [0.29, 0.717) is 24.3 Å². The van der Waals surface area contributed by atoms with E-state index >= 15 is 0 Å². The number of nitrogens with zero attached hydrogens (tertiary/aromatic N) is 1. The summed E-state index contributed by atoms with van der Waals surface area (Å²) in [5, 5.41) is 8.29. The van der Waals surface area contributed by atoms with Crippen molar-refractivity contribution in [2.24, 2.45) is 0 Å². The zero-order chi connectivity index (χ0) is 20.5. The Hall–Kier alpha value is -3.19. The molecule has 0 fully saturated rings. The summed E-state index contributed by atoms with van der Waals surface area (Å²) in [6.45, 7) is 2.22. The summed E-state index contributed by atoms with van der Waals surface area (Å²) < 4.78 is 0. The standard InChI is InChI=1S/C21H26N4O3/c1-15(23-21(28)17-9-5-4-6-10-17)20(27)22-13-16-8-7-11-18(12-16)24-19(26)14-25(2)3/h4-12,15H,13-14H2,1-3H3,(H,22,27)(H,23,28)(H,24,26). The Balaban J connectivity index is 1.85. The number of carbonyl (C=O) groups excluding carboxylic acids is 3. The Morgan fingerprint density at radius 2 is 1.71 bits per heavy atom. The Morgan fingerprint density at radius 1 is 1.00 bits per heavy atom. The highest BCUT2D eigenvalue weighted by Gasteiger charge is 2.16. The second kappa shape index (κ2) is 10.2. The molecule has 0 saturated carbocycles. The Labute approximate surface area is 165 Å². The number of nitrogens with one attached hydrogen (secondary N) is 3. The van der Waals surface area contributed by atoms with Gasteiger partial charge in [0.1, 0.15) is 6.04 Å². The van der Waals surface area contributed by atoms with Crippen LogP contribution in [0.1, 0.15) is 22.8 Å². The van der Waals surface area contributed by atoms with Gasteiger partial charge in [-0.05, 0) is 50.8 Å². The average Bonchev–Trinajstić information content (AvgIpc) is 2.66. The quantitative estimate of drug-likeness (QED) is 0.647. The molecular formula is C21H26N4O3. The maximum absolute atomic E-state index is 12.3. The number of rotatable bonds is 8. The van der Waals surface area contributed by atoms with Crippen LogP contribution in [0.25, 0.3) is 0 Å². The molecule has 0 aliphatic rings. The lowest BCUT2D eigenvalue weighted by molar-refractivity contribution is -0.122. The van der Waals surface area contributed by atoms with Gasteiger partial charge in [-0.3, -0.25) is 14.4 Å². The van der Waals surface area contributed by atoms with Crippen LogP contribution in [0.4, 0.5) is 5.69 Å². The van der Waals surface area contributed by atoms with Crippen LogP contribution in [0.15, 0.2) is 54.6 Å². The topological polar surface area (TPSA) is 90.5 Å². The van der Waals surface area contributed by atoms with Gasteiger partial charge in [-0.25, -0.2) is 0 Å². The van der Waals surface area contributed by atoms with Crippen molar-refractivity contribution in [3.05, 3.63) is 65.7 Å². The fraction of sp³-hybridized carbons (Fsp3) is 0.286. The lowest BCUT2D eigenvalue weighted by Crippen LogP contribution is -2.44. The summed E-state index contributed by atoms with van der Waals surface area (Å²) >= 11 is 0. The van der Waals surface area contributed by atoms with Crippen molar-refractivity contribution in [2.75, 3.05) is 26.0 Å². The summed E-state index contributed by atoms with van der Waals surface area (Å²) in [5.41, 5.74) is 2.02. The Kier molecular flexibility index (Phi) is 7.71. The number of benzene rings is 2. The lowest BCUT2D eigenvalue weighted by atomic mass is 10.2. The predicted molar refractivity (Wildman–Crippen MR) is 109 cm³/mol. The van der Waals surface area contributed by atoms with Crippen molar-refractivity contribution < 1.29 is 14.4 Å². The van der Waals surface area contributed by atoms with Crippen LogP contribution in [0.5, 0.6) is 0 Å². The van der Waals surface area contributed by atoms with Gasteiger partial charge in [0.15, 0.2) is 0 Å². The van der Waals surface area contributed by atoms with Gasteiger partial charge in [0.25, 0.3) is 5.91 Å². The second-order valence-electron chi connectivity index (χ2n) is 6.77. The highest BCUT2D eigenvalue weighted by Crippen LogP contribution is 2.10. The minimum Gasteiger partial charge on any atom is -0.350 e. The van der Waals surface area contributed by atoms with Gasteiger partial charge in [0, 0.05) is 17.8 Å². The van der Waals surface area contributed by atoms with Gasteiger partial charge in [0.05, 0.1) is 6.54 Å². The summed E-state index contributed by atoms with van der Waals surface area (Å²) in [7, 11) is 3.65. The third-order valence-electron chi connectivity index (χ3n) is 3.91. The maximum atomic E-state index is 12.3. The molecule has 0 bridgehead atoms. The Bertz CT molecular complexity index is 821. The lowest BCUT2D eigenvalue weighted by Gasteiger charge is -2.15. The van der Waals surface area contributed by atoms with Crippen molar-refractivity contribution in [3.8, 4) is 0 Å². The largest absolute Gasteiger partial charge is 0.350 e. The smallest absolute Gasteiger partial charge is 0.251 e. The number of hydrogen-bond donors (Lipinski definition) is 3. The molecule has 1 atom stereocenters. The molecular weight excluding hydrogens is 356 g/mol. The van der Waals surface area contributed by atoms with E-state index in [0.717, 1.165) is 5.56 Å². The van der Waals surface area contributed by atoms with Crippen LogP contribution in [0, 0.1) is 0 Å². The van der Waals surface area contributed by atoms with Crippen LogP contribution >= 0.6 is 0 Å². The van der Waals surface area contributed by atoms with Crippen molar-refractivity contribution >= 4 is 23.4 Å². The van der Waals surface area contributed by atoms with Crippen LogP contribution in [0.2, 0.25) is 0 Å². The molecule has 0 heterocycles. The first kappa shape index (κ1) is 21.1. The van der Waals surface area contributed by atoms with Gasteiger partial charge in [-0.15, -0.1) is 0 Å². The molecule has 28 heavy (non-hydrogen) atoms. The SMILES string of the molecule is CC(NC(=O)c1ccccc1)C(=O)NCc1cccc(NC(=O)CN(C)C)c1. The highest BCUT2D eigenvalue weighted by atomic mass is 16.2. The van der Waals surface area contributed by atoms with Gasteiger partial charge < -0.3 is 20.9 Å². The molecule has 7 heteroatoms. The van der Waals surface area contributed by atoms with E-state index < -0.39 is 6.04 Å². The molecule has 3 N–H and O–H groups in total. The monoisotopic (exact) mass is 382 g/mol. The zero-order valence-electron chi connectivity index (χ0n) is 16.4. The van der Waals surface area contributed by atoms with E-state index in [9.17, 15) is 14.4 Å². The van der Waals surface area contributed by atoms with Crippen LogP contribution in [-0.2, 0) is 16.1 Å². The van der Waals surface area contributed by atoms with Crippen LogP contribution in [0.3, 0.4) is 0 Å². The summed E-state index contributed by atoms with van der Waals surface area (Å²) in [5.74, 6) is -0.691. The van der Waals surface area contributed by atoms with E-state index in [1.807, 2.05) is 32.3 Å². The van der Waals surface area contributed by atoms with Gasteiger partial charge in [0.2, 0.25) is 11.8 Å². The van der Waals surface area contributed by atoms with E-state index in [-0.39, 0.29) is 17.7 Å². The normalized spacial score (nSPS) is 11.6. The maximum Gasteiger partial charge on any atom is 0.251 e. The number of likely N-dealkylation sites (N-methyl/N-ethyl adjacent to an activating group) is 1. The molecule has 7 nitrogen and oxygen atoms in total. The minimum absolute atomic E-state index is 0.108. The van der Waals surface area contributed by atoms with Gasteiger partial charge in [-0.1, -0.05) is 30.3 Å². The van der Waals surface area contributed by atoms with Crippen LogP contribution in [-0.4, -0.2) is 49.3 Å². The third kappa shape index (κ3) is 6.85. The zero-order valence-corrected chi connectivity index (χ0v) is 16.4. The first-order chi connectivity index (χ1) is 13.3. The highest BCUT2D eigenvalue weighted by molar-refractivity contribution is 5.97. The molecule has 2 rings (SSSR count). The van der Waals surface area contributed by atoms with Crippen molar-refractivity contribution in [3.63, 3.8) is 0 Å². The van der Waals surface area contributed by atoms with Crippen LogP contribution < -0.4 is 16.0 Å². The molecule has 0 spiro atoms. The van der Waals surface area contributed by atoms with E-state index in [1.165, 1.54) is 0 Å². The first-order valence-corrected chi connectivity index (χ1v) is 9.02. The molecule has 0 aliphatic heterocycles. The number of carbonyl (C=O) groups is 3. The molecule has 0 aliphatic carbocycles. The summed E-state index contributed by atoms with van der Waals surface area (Å²) in [4.78, 5) is 38.0.